The summed E-state index contributed by atoms with van der Waals surface area (Å²) in [5.41, 5.74) is 5.81. The van der Waals surface area contributed by atoms with Gasteiger partial charge in [-0.15, -0.1) is 0 Å². The Bertz CT molecular complexity index is 435. The lowest BCUT2D eigenvalue weighted by molar-refractivity contribution is -0.125. The minimum Gasteiger partial charge on any atom is -0.481 e. The van der Waals surface area contributed by atoms with Crippen molar-refractivity contribution in [3.8, 4) is 5.88 Å². The number of nitrogens with two attached hydrogens (primary N) is 1. The number of carbonyl (C=O) groups is 1. The van der Waals surface area contributed by atoms with Gasteiger partial charge in [-0.25, -0.2) is 4.98 Å². The molecule has 18 heavy (non-hydrogen) atoms. The van der Waals surface area contributed by atoms with Crippen LogP contribution in [-0.4, -0.2) is 37.3 Å². The molecule has 1 saturated heterocycles. The molecule has 0 aliphatic carbocycles. The van der Waals surface area contributed by atoms with E-state index in [4.69, 9.17) is 15.2 Å². The lowest BCUT2D eigenvalue weighted by Gasteiger charge is -2.25. The van der Waals surface area contributed by atoms with E-state index in [-0.39, 0.29) is 11.9 Å². The second-order valence-corrected chi connectivity index (χ2v) is 4.58. The molecule has 98 valence electrons. The van der Waals surface area contributed by atoms with E-state index >= 15 is 0 Å². The Morgan fingerprint density at radius 3 is 2.94 bits per heavy atom. The van der Waals surface area contributed by atoms with E-state index in [9.17, 15) is 4.79 Å². The summed E-state index contributed by atoms with van der Waals surface area (Å²) in [5.74, 6) is 0.347. The molecule has 2 unspecified atom stereocenters. The number of carbonyl (C=O) groups excluding carboxylic acids is 1. The molecule has 2 atom stereocenters. The van der Waals surface area contributed by atoms with Crippen LogP contribution in [0, 0.1) is 5.41 Å². The molecular formula is C12H17N3O3. The number of nitrogens with zero attached hydrogens (tertiary/aromatic N) is 1. The van der Waals surface area contributed by atoms with Gasteiger partial charge in [0.25, 0.3) is 0 Å². The Morgan fingerprint density at radius 1 is 1.67 bits per heavy atom. The van der Waals surface area contributed by atoms with Crippen molar-refractivity contribution < 1.29 is 14.3 Å². The van der Waals surface area contributed by atoms with Gasteiger partial charge in [0.1, 0.15) is 0 Å². The zero-order valence-electron chi connectivity index (χ0n) is 10.5. The third-order valence-electron chi connectivity index (χ3n) is 3.24. The third-order valence-corrected chi connectivity index (χ3v) is 3.24. The maximum atomic E-state index is 12.2. The number of rotatable bonds is 3. The van der Waals surface area contributed by atoms with Crippen LogP contribution in [0.4, 0.5) is 5.69 Å². The number of methoxy groups -OCH3 is 1. The fraction of sp³-hybridized carbons (Fsp3) is 0.500. The summed E-state index contributed by atoms with van der Waals surface area (Å²) in [6.07, 6.45) is 1.54. The Morgan fingerprint density at radius 2 is 2.44 bits per heavy atom. The summed E-state index contributed by atoms with van der Waals surface area (Å²) in [6, 6.07) is 3.13. The highest BCUT2D eigenvalue weighted by Gasteiger charge is 2.44. The van der Waals surface area contributed by atoms with Gasteiger partial charge >= 0.3 is 0 Å². The van der Waals surface area contributed by atoms with E-state index < -0.39 is 5.41 Å². The second kappa shape index (κ2) is 4.91. The van der Waals surface area contributed by atoms with Crippen LogP contribution in [0.15, 0.2) is 18.3 Å². The molecule has 2 rings (SSSR count). The summed E-state index contributed by atoms with van der Waals surface area (Å²) in [4.78, 5) is 16.2. The zero-order chi connectivity index (χ0) is 13.2. The van der Waals surface area contributed by atoms with Gasteiger partial charge in [0.15, 0.2) is 0 Å². The van der Waals surface area contributed by atoms with Crippen LogP contribution in [0.1, 0.15) is 6.92 Å². The lowest BCUT2D eigenvalue weighted by atomic mass is 9.85. The Kier molecular flexibility index (Phi) is 3.49. The average molecular weight is 251 g/mol. The highest BCUT2D eigenvalue weighted by Crippen LogP contribution is 2.28. The molecule has 1 aliphatic heterocycles. The van der Waals surface area contributed by atoms with Gasteiger partial charge in [0, 0.05) is 12.1 Å². The number of hydrogen-bond donors (Lipinski definition) is 2. The minimum absolute atomic E-state index is 0.153. The Hall–Kier alpha value is -1.66. The van der Waals surface area contributed by atoms with Crippen molar-refractivity contribution in [1.29, 1.82) is 0 Å². The number of anilines is 1. The number of ether oxygens (including phenoxy) is 2. The fourth-order valence-corrected chi connectivity index (χ4v) is 1.77. The number of hydrogen-bond acceptors (Lipinski definition) is 5. The van der Waals surface area contributed by atoms with Crippen molar-refractivity contribution in [2.24, 2.45) is 11.1 Å². The summed E-state index contributed by atoms with van der Waals surface area (Å²) in [7, 11) is 1.54. The van der Waals surface area contributed by atoms with E-state index in [1.54, 1.807) is 25.3 Å². The van der Waals surface area contributed by atoms with Crippen molar-refractivity contribution in [2.45, 2.75) is 13.0 Å². The maximum absolute atomic E-state index is 12.2. The predicted molar refractivity (Wildman–Crippen MR) is 66.3 cm³/mol. The van der Waals surface area contributed by atoms with Crippen molar-refractivity contribution in [2.75, 3.05) is 25.6 Å². The van der Waals surface area contributed by atoms with E-state index in [1.165, 1.54) is 7.11 Å². The van der Waals surface area contributed by atoms with E-state index in [0.717, 1.165) is 0 Å². The molecule has 6 heteroatoms. The molecule has 2 heterocycles. The highest BCUT2D eigenvalue weighted by molar-refractivity contribution is 5.95. The molecule has 1 aromatic heterocycles. The summed E-state index contributed by atoms with van der Waals surface area (Å²) >= 11 is 0. The molecule has 0 radical (unpaired) electrons. The molecule has 3 N–H and O–H groups in total. The van der Waals surface area contributed by atoms with Crippen molar-refractivity contribution in [3.63, 3.8) is 0 Å². The van der Waals surface area contributed by atoms with E-state index in [2.05, 4.69) is 10.3 Å². The number of amides is 1. The first-order valence-electron chi connectivity index (χ1n) is 5.71. The monoisotopic (exact) mass is 251 g/mol. The summed E-state index contributed by atoms with van der Waals surface area (Å²) in [6.45, 7) is 2.55. The van der Waals surface area contributed by atoms with Crippen LogP contribution in [0.5, 0.6) is 5.88 Å². The quantitative estimate of drug-likeness (QED) is 0.811. The SMILES string of the molecule is COc1ccc(NC(=O)C2(C)COCC2N)cn1. The first kappa shape index (κ1) is 12.8. The minimum atomic E-state index is -0.695. The fourth-order valence-electron chi connectivity index (χ4n) is 1.77. The standard InChI is InChI=1S/C12H17N3O3/c1-12(7-18-6-9(12)13)11(16)15-8-3-4-10(17-2)14-5-8/h3-5,9H,6-7,13H2,1-2H3,(H,15,16). The van der Waals surface area contributed by atoms with Crippen LogP contribution in [0.3, 0.4) is 0 Å². The summed E-state index contributed by atoms with van der Waals surface area (Å²) in [5, 5.41) is 2.79. The van der Waals surface area contributed by atoms with Crippen molar-refractivity contribution in [3.05, 3.63) is 18.3 Å². The number of nitrogens with one attached hydrogen (secondary N) is 1. The van der Waals surface area contributed by atoms with Gasteiger partial charge in [0.2, 0.25) is 11.8 Å². The third kappa shape index (κ3) is 2.30. The van der Waals surface area contributed by atoms with E-state index in [0.29, 0.717) is 24.8 Å². The van der Waals surface area contributed by atoms with E-state index in [1.807, 2.05) is 0 Å². The van der Waals surface area contributed by atoms with Gasteiger partial charge in [-0.3, -0.25) is 4.79 Å². The first-order chi connectivity index (χ1) is 8.56. The van der Waals surface area contributed by atoms with Gasteiger partial charge < -0.3 is 20.5 Å². The van der Waals surface area contributed by atoms with Gasteiger partial charge in [-0.2, -0.15) is 0 Å². The first-order valence-corrected chi connectivity index (χ1v) is 5.71. The lowest BCUT2D eigenvalue weighted by Crippen LogP contribution is -2.47. The van der Waals surface area contributed by atoms with Crippen LogP contribution in [-0.2, 0) is 9.53 Å². The molecule has 1 aliphatic rings. The van der Waals surface area contributed by atoms with Gasteiger partial charge in [-0.1, -0.05) is 0 Å². The largest absolute Gasteiger partial charge is 0.481 e. The average Bonchev–Trinajstić information content (AvgIpc) is 2.72. The summed E-state index contributed by atoms with van der Waals surface area (Å²) < 4.78 is 10.2. The molecule has 1 fully saturated rings. The van der Waals surface area contributed by atoms with Crippen molar-refractivity contribution >= 4 is 11.6 Å². The molecule has 0 saturated carbocycles. The van der Waals surface area contributed by atoms with Gasteiger partial charge in [-0.05, 0) is 13.0 Å². The Balaban J connectivity index is 2.06. The molecule has 0 spiro atoms. The normalized spacial score (nSPS) is 26.9. The van der Waals surface area contributed by atoms with Crippen molar-refractivity contribution in [1.82, 2.24) is 4.98 Å². The zero-order valence-corrected chi connectivity index (χ0v) is 10.5. The van der Waals surface area contributed by atoms with Crippen LogP contribution < -0.4 is 15.8 Å². The molecule has 1 aromatic rings. The Labute approximate surface area is 105 Å². The molecular weight excluding hydrogens is 234 g/mol. The molecule has 0 bridgehead atoms. The highest BCUT2D eigenvalue weighted by atomic mass is 16.5. The predicted octanol–water partition coefficient (Wildman–Crippen LogP) is 0.392. The van der Waals surface area contributed by atoms with Gasteiger partial charge in [0.05, 0.1) is 37.6 Å². The molecule has 1 amide bonds. The smallest absolute Gasteiger partial charge is 0.234 e. The molecule has 6 nitrogen and oxygen atoms in total. The topological polar surface area (TPSA) is 86.5 Å². The maximum Gasteiger partial charge on any atom is 0.234 e. The van der Waals surface area contributed by atoms with Crippen LogP contribution in [0.25, 0.3) is 0 Å². The van der Waals surface area contributed by atoms with Crippen LogP contribution in [0.2, 0.25) is 0 Å². The number of pyridine rings is 1. The van der Waals surface area contributed by atoms with Crippen LogP contribution >= 0.6 is 0 Å². The number of aromatic nitrogens is 1. The molecule has 0 aromatic carbocycles. The second-order valence-electron chi connectivity index (χ2n) is 4.58.